The highest BCUT2D eigenvalue weighted by Crippen LogP contribution is 2.29. The summed E-state index contributed by atoms with van der Waals surface area (Å²) in [5.41, 5.74) is 1.80. The van der Waals surface area contributed by atoms with E-state index in [4.69, 9.17) is 14.2 Å². The van der Waals surface area contributed by atoms with Crippen LogP contribution in [0.4, 0.5) is 0 Å². The Hall–Kier alpha value is -2.95. The number of hydrogen-bond donors (Lipinski definition) is 0. The Morgan fingerprint density at radius 3 is 2.54 bits per heavy atom. The topological polar surface area (TPSA) is 54.0 Å². The van der Waals surface area contributed by atoms with E-state index in [0.717, 1.165) is 16.9 Å². The first kappa shape index (κ1) is 17.4. The fourth-order valence-corrected chi connectivity index (χ4v) is 2.06. The van der Waals surface area contributed by atoms with Crippen LogP contribution in [-0.4, -0.2) is 27.3 Å². The minimum Gasteiger partial charge on any atom is -0.497 e. The predicted octanol–water partition coefficient (Wildman–Crippen LogP) is 3.47. The third-order valence-electron chi connectivity index (χ3n) is 3.33. The first-order chi connectivity index (χ1) is 11.7. The molecular weight excluding hydrogens is 308 g/mol. The molecule has 5 nitrogen and oxygen atoms in total. The van der Waals surface area contributed by atoms with Crippen molar-refractivity contribution in [1.82, 2.24) is 0 Å². The van der Waals surface area contributed by atoms with Gasteiger partial charge in [-0.05, 0) is 41.5 Å². The summed E-state index contributed by atoms with van der Waals surface area (Å²) < 4.78 is 20.9. The molecule has 0 saturated heterocycles. The van der Waals surface area contributed by atoms with Crippen molar-refractivity contribution in [2.24, 2.45) is 0 Å². The van der Waals surface area contributed by atoms with Gasteiger partial charge in [0, 0.05) is 6.08 Å². The van der Waals surface area contributed by atoms with Gasteiger partial charge in [-0.3, -0.25) is 0 Å². The van der Waals surface area contributed by atoms with Crippen LogP contribution >= 0.6 is 0 Å². The smallest absolute Gasteiger partial charge is 0.330 e. The van der Waals surface area contributed by atoms with Crippen LogP contribution in [0.3, 0.4) is 0 Å². The van der Waals surface area contributed by atoms with Crippen molar-refractivity contribution < 1.29 is 23.7 Å². The molecule has 0 aliphatic heterocycles. The monoisotopic (exact) mass is 328 g/mol. The average Bonchev–Trinajstić information content (AvgIpc) is 2.64. The van der Waals surface area contributed by atoms with Crippen LogP contribution < -0.4 is 14.2 Å². The summed E-state index contributed by atoms with van der Waals surface area (Å²) in [6, 6.07) is 13.1. The van der Waals surface area contributed by atoms with E-state index in [-0.39, 0.29) is 0 Å². The van der Waals surface area contributed by atoms with Gasteiger partial charge in [0.15, 0.2) is 11.5 Å². The molecule has 2 rings (SSSR count). The molecule has 24 heavy (non-hydrogen) atoms. The van der Waals surface area contributed by atoms with E-state index >= 15 is 0 Å². The lowest BCUT2D eigenvalue weighted by molar-refractivity contribution is -0.134. The Bertz CT molecular complexity index is 721. The molecule has 0 radical (unpaired) electrons. The molecular formula is C19H20O5. The summed E-state index contributed by atoms with van der Waals surface area (Å²) in [7, 11) is 4.54. The van der Waals surface area contributed by atoms with E-state index in [1.54, 1.807) is 32.4 Å². The number of rotatable bonds is 7. The molecule has 0 saturated carbocycles. The molecule has 2 aromatic carbocycles. The van der Waals surface area contributed by atoms with Crippen molar-refractivity contribution >= 4 is 12.0 Å². The highest BCUT2D eigenvalue weighted by molar-refractivity contribution is 5.87. The van der Waals surface area contributed by atoms with Crippen LogP contribution in [-0.2, 0) is 16.1 Å². The molecule has 0 aliphatic rings. The van der Waals surface area contributed by atoms with Crippen molar-refractivity contribution in [2.75, 3.05) is 21.3 Å². The number of ether oxygens (including phenoxy) is 4. The van der Waals surface area contributed by atoms with Crippen LogP contribution in [0.15, 0.2) is 48.5 Å². The van der Waals surface area contributed by atoms with Gasteiger partial charge in [-0.15, -0.1) is 0 Å². The lowest BCUT2D eigenvalue weighted by Gasteiger charge is -2.12. The Balaban J connectivity index is 2.09. The van der Waals surface area contributed by atoms with E-state index in [9.17, 15) is 4.79 Å². The highest BCUT2D eigenvalue weighted by atomic mass is 16.5. The summed E-state index contributed by atoms with van der Waals surface area (Å²) in [4.78, 5) is 11.1. The number of hydrogen-bond acceptors (Lipinski definition) is 5. The Morgan fingerprint density at radius 1 is 1.00 bits per heavy atom. The maximum absolute atomic E-state index is 11.1. The van der Waals surface area contributed by atoms with E-state index in [2.05, 4.69) is 4.74 Å². The van der Waals surface area contributed by atoms with Gasteiger partial charge in [-0.1, -0.05) is 18.2 Å². The van der Waals surface area contributed by atoms with Crippen molar-refractivity contribution in [3.05, 3.63) is 59.7 Å². The molecule has 0 amide bonds. The number of methoxy groups -OCH3 is 3. The van der Waals surface area contributed by atoms with Gasteiger partial charge in [0.2, 0.25) is 0 Å². The second-order valence-electron chi connectivity index (χ2n) is 4.91. The molecule has 0 fully saturated rings. The molecule has 0 bridgehead atoms. The van der Waals surface area contributed by atoms with Crippen LogP contribution in [0.25, 0.3) is 6.08 Å². The average molecular weight is 328 g/mol. The van der Waals surface area contributed by atoms with Gasteiger partial charge < -0.3 is 18.9 Å². The normalized spacial score (nSPS) is 10.5. The molecule has 2 aromatic rings. The quantitative estimate of drug-likeness (QED) is 0.575. The fourth-order valence-electron chi connectivity index (χ4n) is 2.06. The van der Waals surface area contributed by atoms with Crippen molar-refractivity contribution in [3.63, 3.8) is 0 Å². The lowest BCUT2D eigenvalue weighted by atomic mass is 10.2. The number of benzene rings is 2. The maximum Gasteiger partial charge on any atom is 0.330 e. The molecule has 0 aliphatic carbocycles. The third kappa shape index (κ3) is 4.78. The van der Waals surface area contributed by atoms with Crippen LogP contribution in [0, 0.1) is 0 Å². The Labute approximate surface area is 141 Å². The highest BCUT2D eigenvalue weighted by Gasteiger charge is 2.06. The van der Waals surface area contributed by atoms with Gasteiger partial charge in [0.25, 0.3) is 0 Å². The zero-order valence-corrected chi connectivity index (χ0v) is 13.9. The molecule has 0 spiro atoms. The molecule has 0 unspecified atom stereocenters. The molecule has 0 atom stereocenters. The van der Waals surface area contributed by atoms with E-state index in [1.165, 1.54) is 13.2 Å². The van der Waals surface area contributed by atoms with Gasteiger partial charge in [-0.25, -0.2) is 4.79 Å². The second-order valence-corrected chi connectivity index (χ2v) is 4.91. The molecule has 126 valence electrons. The Morgan fingerprint density at radius 2 is 1.83 bits per heavy atom. The zero-order valence-electron chi connectivity index (χ0n) is 13.9. The molecule has 0 aromatic heterocycles. The predicted molar refractivity (Wildman–Crippen MR) is 91.4 cm³/mol. The Kier molecular flexibility index (Phi) is 6.25. The summed E-state index contributed by atoms with van der Waals surface area (Å²) >= 11 is 0. The first-order valence-corrected chi connectivity index (χ1v) is 7.36. The van der Waals surface area contributed by atoms with E-state index < -0.39 is 5.97 Å². The van der Waals surface area contributed by atoms with E-state index in [1.807, 2.05) is 30.3 Å². The van der Waals surface area contributed by atoms with Crippen molar-refractivity contribution in [2.45, 2.75) is 6.61 Å². The maximum atomic E-state index is 11.1. The van der Waals surface area contributed by atoms with Gasteiger partial charge >= 0.3 is 5.97 Å². The fraction of sp³-hybridized carbons (Fsp3) is 0.211. The van der Waals surface area contributed by atoms with Crippen LogP contribution in [0.2, 0.25) is 0 Å². The third-order valence-corrected chi connectivity index (χ3v) is 3.33. The van der Waals surface area contributed by atoms with Crippen molar-refractivity contribution in [3.8, 4) is 17.2 Å². The summed E-state index contributed by atoms with van der Waals surface area (Å²) in [5.74, 6) is 1.58. The van der Waals surface area contributed by atoms with E-state index in [0.29, 0.717) is 18.1 Å². The van der Waals surface area contributed by atoms with Crippen molar-refractivity contribution in [1.29, 1.82) is 0 Å². The number of carbonyl (C=O) groups is 1. The number of esters is 1. The minimum absolute atomic E-state index is 0.394. The first-order valence-electron chi connectivity index (χ1n) is 7.36. The lowest BCUT2D eigenvalue weighted by Crippen LogP contribution is -1.98. The number of carbonyl (C=O) groups excluding carboxylic acids is 1. The summed E-state index contributed by atoms with van der Waals surface area (Å²) in [6.45, 7) is 0.394. The summed E-state index contributed by atoms with van der Waals surface area (Å²) in [5, 5.41) is 0. The van der Waals surface area contributed by atoms with Crippen LogP contribution in [0.5, 0.6) is 17.2 Å². The second kappa shape index (κ2) is 8.62. The van der Waals surface area contributed by atoms with Gasteiger partial charge in [0.05, 0.1) is 21.3 Å². The molecule has 0 N–H and O–H groups in total. The zero-order chi connectivity index (χ0) is 17.4. The molecule has 5 heteroatoms. The van der Waals surface area contributed by atoms with Gasteiger partial charge in [-0.2, -0.15) is 0 Å². The molecule has 0 heterocycles. The standard InChI is InChI=1S/C19H20O5/c1-21-16-6-4-5-15(11-16)13-24-17-9-7-14(12-18(17)22-2)8-10-19(20)23-3/h4-12H,13H2,1-3H3/b10-8+. The largest absolute Gasteiger partial charge is 0.497 e. The SMILES string of the molecule is COC(=O)/C=C/c1ccc(OCc2cccc(OC)c2)c(OC)c1. The van der Waals surface area contributed by atoms with Gasteiger partial charge in [0.1, 0.15) is 12.4 Å². The van der Waals surface area contributed by atoms with Crippen LogP contribution in [0.1, 0.15) is 11.1 Å². The summed E-state index contributed by atoms with van der Waals surface area (Å²) in [6.07, 6.45) is 3.01. The minimum atomic E-state index is -0.410.